The Morgan fingerprint density at radius 3 is 2.56 bits per heavy atom. The van der Waals surface area contributed by atoms with Crippen LogP contribution in [0.2, 0.25) is 0 Å². The molecule has 2 aromatic rings. The van der Waals surface area contributed by atoms with Gasteiger partial charge in [0.05, 0.1) is 6.42 Å². The van der Waals surface area contributed by atoms with E-state index in [-0.39, 0.29) is 31.3 Å². The first kappa shape index (κ1) is 20.2. The number of hydrogen-bond donors (Lipinski definition) is 1. The second kappa shape index (κ2) is 9.52. The van der Waals surface area contributed by atoms with E-state index in [1.165, 1.54) is 0 Å². The van der Waals surface area contributed by atoms with E-state index in [0.29, 0.717) is 12.1 Å². The third-order valence-corrected chi connectivity index (χ3v) is 4.19. The van der Waals surface area contributed by atoms with Gasteiger partial charge in [-0.1, -0.05) is 36.4 Å². The Morgan fingerprint density at radius 2 is 1.89 bits per heavy atom. The molecule has 1 aromatic carbocycles. The topological polar surface area (TPSA) is 77.4 Å². The number of allylic oxidation sites excluding steroid dienone is 1. The molecule has 0 fully saturated rings. The number of ether oxygens (including phenoxy) is 1. The van der Waals surface area contributed by atoms with E-state index in [1.807, 2.05) is 48.7 Å². The lowest BCUT2D eigenvalue weighted by Gasteiger charge is -2.07. The predicted octanol–water partition coefficient (Wildman–Crippen LogP) is 2.38. The van der Waals surface area contributed by atoms with Crippen LogP contribution in [-0.4, -0.2) is 35.4 Å². The van der Waals surface area contributed by atoms with E-state index in [9.17, 15) is 14.4 Å². The first-order valence-electron chi connectivity index (χ1n) is 8.69. The maximum atomic E-state index is 12.3. The van der Waals surface area contributed by atoms with Crippen molar-refractivity contribution >= 4 is 17.7 Å². The normalized spacial score (nSPS) is 10.3. The van der Waals surface area contributed by atoms with Crippen molar-refractivity contribution in [3.63, 3.8) is 0 Å². The van der Waals surface area contributed by atoms with Crippen LogP contribution in [0.25, 0.3) is 0 Å². The molecule has 6 heteroatoms. The number of carbonyl (C=O) groups excluding carboxylic acids is 3. The molecule has 0 saturated heterocycles. The first-order chi connectivity index (χ1) is 12.9. The fourth-order valence-electron chi connectivity index (χ4n) is 2.78. The largest absolute Gasteiger partial charge is 0.456 e. The number of rotatable bonds is 9. The van der Waals surface area contributed by atoms with Gasteiger partial charge in [0.2, 0.25) is 11.7 Å². The lowest BCUT2D eigenvalue weighted by molar-refractivity contribution is -0.142. The SMILES string of the molecule is C=CCn1c(C)cc(C(=O)COC(=O)CNC(=O)Cc2ccccc2)c1C. The summed E-state index contributed by atoms with van der Waals surface area (Å²) in [6, 6.07) is 11.0. The molecular formula is C21H24N2O4. The Labute approximate surface area is 158 Å². The highest BCUT2D eigenvalue weighted by Crippen LogP contribution is 2.16. The van der Waals surface area contributed by atoms with Crippen LogP contribution in [0, 0.1) is 13.8 Å². The molecule has 142 valence electrons. The van der Waals surface area contributed by atoms with E-state index >= 15 is 0 Å². The van der Waals surface area contributed by atoms with Gasteiger partial charge in [0.15, 0.2) is 6.61 Å². The number of nitrogens with one attached hydrogen (secondary N) is 1. The number of aryl methyl sites for hydroxylation is 1. The van der Waals surface area contributed by atoms with E-state index in [0.717, 1.165) is 17.0 Å². The average molecular weight is 368 g/mol. The Bertz CT molecular complexity index is 837. The molecule has 1 heterocycles. The van der Waals surface area contributed by atoms with Gasteiger partial charge in [0, 0.05) is 23.5 Å². The molecular weight excluding hydrogens is 344 g/mol. The predicted molar refractivity (Wildman–Crippen MR) is 103 cm³/mol. The third-order valence-electron chi connectivity index (χ3n) is 4.19. The van der Waals surface area contributed by atoms with E-state index in [2.05, 4.69) is 11.9 Å². The number of ketones is 1. The second-order valence-electron chi connectivity index (χ2n) is 6.21. The fraction of sp³-hybridized carbons (Fsp3) is 0.286. The smallest absolute Gasteiger partial charge is 0.325 e. The maximum Gasteiger partial charge on any atom is 0.325 e. The van der Waals surface area contributed by atoms with E-state index < -0.39 is 5.97 Å². The number of esters is 1. The summed E-state index contributed by atoms with van der Waals surface area (Å²) in [4.78, 5) is 35.9. The summed E-state index contributed by atoms with van der Waals surface area (Å²) < 4.78 is 6.95. The van der Waals surface area contributed by atoms with Crippen molar-refractivity contribution in [2.24, 2.45) is 0 Å². The summed E-state index contributed by atoms with van der Waals surface area (Å²) in [6.07, 6.45) is 1.94. The van der Waals surface area contributed by atoms with Gasteiger partial charge in [0.1, 0.15) is 6.54 Å². The minimum absolute atomic E-state index is 0.183. The minimum Gasteiger partial charge on any atom is -0.456 e. The standard InChI is InChI=1S/C21H24N2O4/c1-4-10-23-15(2)11-18(16(23)3)19(24)14-27-21(26)13-22-20(25)12-17-8-6-5-7-9-17/h4-9,11H,1,10,12-14H2,2-3H3,(H,22,25). The van der Waals surface area contributed by atoms with Gasteiger partial charge in [-0.3, -0.25) is 14.4 Å². The van der Waals surface area contributed by atoms with E-state index in [1.54, 1.807) is 12.1 Å². The number of amides is 1. The van der Waals surface area contributed by atoms with Gasteiger partial charge in [-0.2, -0.15) is 0 Å². The molecule has 0 bridgehead atoms. The van der Waals surface area contributed by atoms with Crippen molar-refractivity contribution in [2.75, 3.05) is 13.2 Å². The molecule has 0 saturated carbocycles. The van der Waals surface area contributed by atoms with Crippen molar-refractivity contribution in [3.8, 4) is 0 Å². The van der Waals surface area contributed by atoms with Crippen molar-refractivity contribution in [3.05, 3.63) is 71.6 Å². The Kier molecular flexibility index (Phi) is 7.11. The molecule has 0 unspecified atom stereocenters. The third kappa shape index (κ3) is 5.67. The molecule has 1 aromatic heterocycles. The fourth-order valence-corrected chi connectivity index (χ4v) is 2.78. The monoisotopic (exact) mass is 368 g/mol. The summed E-state index contributed by atoms with van der Waals surface area (Å²) in [5.74, 6) is -1.20. The zero-order chi connectivity index (χ0) is 19.8. The molecule has 0 aliphatic carbocycles. The molecule has 27 heavy (non-hydrogen) atoms. The number of benzene rings is 1. The van der Waals surface area contributed by atoms with Crippen LogP contribution in [0.4, 0.5) is 0 Å². The zero-order valence-electron chi connectivity index (χ0n) is 15.7. The average Bonchev–Trinajstić information content (AvgIpc) is 2.94. The highest BCUT2D eigenvalue weighted by molar-refractivity contribution is 5.99. The van der Waals surface area contributed by atoms with Crippen molar-refractivity contribution in [1.29, 1.82) is 0 Å². The van der Waals surface area contributed by atoms with Gasteiger partial charge >= 0.3 is 5.97 Å². The van der Waals surface area contributed by atoms with Gasteiger partial charge in [-0.25, -0.2) is 0 Å². The molecule has 1 amide bonds. The van der Waals surface area contributed by atoms with Crippen LogP contribution in [0.1, 0.15) is 27.3 Å². The van der Waals surface area contributed by atoms with Crippen LogP contribution < -0.4 is 5.32 Å². The van der Waals surface area contributed by atoms with Gasteiger partial charge in [-0.15, -0.1) is 6.58 Å². The second-order valence-corrected chi connectivity index (χ2v) is 6.21. The zero-order valence-corrected chi connectivity index (χ0v) is 15.7. The highest BCUT2D eigenvalue weighted by atomic mass is 16.5. The summed E-state index contributed by atoms with van der Waals surface area (Å²) in [5.41, 5.74) is 3.13. The first-order valence-corrected chi connectivity index (χ1v) is 8.69. The van der Waals surface area contributed by atoms with Crippen LogP contribution >= 0.6 is 0 Å². The molecule has 0 atom stereocenters. The Balaban J connectivity index is 1.80. The summed E-state index contributed by atoms with van der Waals surface area (Å²) >= 11 is 0. The van der Waals surface area contributed by atoms with Crippen molar-refractivity contribution < 1.29 is 19.1 Å². The summed E-state index contributed by atoms with van der Waals surface area (Å²) in [5, 5.41) is 2.50. The molecule has 0 aliphatic rings. The van der Waals surface area contributed by atoms with E-state index in [4.69, 9.17) is 4.74 Å². The van der Waals surface area contributed by atoms with Crippen LogP contribution in [0.5, 0.6) is 0 Å². The van der Waals surface area contributed by atoms with Crippen LogP contribution in [0.15, 0.2) is 49.1 Å². The van der Waals surface area contributed by atoms with Crippen molar-refractivity contribution in [2.45, 2.75) is 26.8 Å². The number of nitrogens with zero attached hydrogens (tertiary/aromatic N) is 1. The quantitative estimate of drug-likeness (QED) is 0.419. The Morgan fingerprint density at radius 1 is 1.19 bits per heavy atom. The Hall–Kier alpha value is -3.15. The summed E-state index contributed by atoms with van der Waals surface area (Å²) in [7, 11) is 0. The van der Waals surface area contributed by atoms with Crippen LogP contribution in [-0.2, 0) is 27.3 Å². The van der Waals surface area contributed by atoms with Gasteiger partial charge in [0.25, 0.3) is 0 Å². The number of Topliss-reactive ketones (excluding diaryl/α,β-unsaturated/α-hetero) is 1. The number of aromatic nitrogens is 1. The lowest BCUT2D eigenvalue weighted by atomic mass is 10.1. The molecule has 1 N–H and O–H groups in total. The maximum absolute atomic E-state index is 12.3. The molecule has 0 radical (unpaired) electrons. The number of carbonyl (C=O) groups is 3. The number of hydrogen-bond acceptors (Lipinski definition) is 4. The van der Waals surface area contributed by atoms with Gasteiger partial charge < -0.3 is 14.6 Å². The lowest BCUT2D eigenvalue weighted by Crippen LogP contribution is -2.32. The molecule has 0 spiro atoms. The van der Waals surface area contributed by atoms with Crippen molar-refractivity contribution in [1.82, 2.24) is 9.88 Å². The summed E-state index contributed by atoms with van der Waals surface area (Å²) in [6.45, 7) is 7.43. The van der Waals surface area contributed by atoms with Gasteiger partial charge in [-0.05, 0) is 25.5 Å². The molecule has 6 nitrogen and oxygen atoms in total. The van der Waals surface area contributed by atoms with Crippen LogP contribution in [0.3, 0.4) is 0 Å². The molecule has 2 rings (SSSR count). The highest BCUT2D eigenvalue weighted by Gasteiger charge is 2.17. The minimum atomic E-state index is -0.648. The molecule has 0 aliphatic heterocycles.